The quantitative estimate of drug-likeness (QED) is 0.693. The van der Waals surface area contributed by atoms with Gasteiger partial charge in [-0.25, -0.2) is 4.68 Å². The molecule has 0 aliphatic carbocycles. The number of aromatic nitrogens is 2. The maximum Gasteiger partial charge on any atom is 0.275 e. The number of carbonyl (C=O) groups excluding carboxylic acids is 1. The molecule has 1 amide bonds. The van der Waals surface area contributed by atoms with Crippen molar-refractivity contribution in [1.29, 1.82) is 0 Å². The van der Waals surface area contributed by atoms with Crippen molar-refractivity contribution >= 4 is 5.91 Å². The van der Waals surface area contributed by atoms with Gasteiger partial charge in [-0.2, -0.15) is 5.10 Å². The second-order valence-electron chi connectivity index (χ2n) is 7.02. The first-order valence-electron chi connectivity index (χ1n) is 9.63. The molecule has 0 bridgehead atoms. The highest BCUT2D eigenvalue weighted by Gasteiger charge is 2.25. The highest BCUT2D eigenvalue weighted by Crippen LogP contribution is 2.25. The number of rotatable bonds is 6. The highest BCUT2D eigenvalue weighted by molar-refractivity contribution is 5.94. The van der Waals surface area contributed by atoms with E-state index in [0.717, 1.165) is 18.8 Å². The number of nitrogens with one attached hydrogen (secondary N) is 1. The van der Waals surface area contributed by atoms with Crippen LogP contribution in [0.5, 0.6) is 5.75 Å². The summed E-state index contributed by atoms with van der Waals surface area (Å²) in [4.78, 5) is 15.1. The lowest BCUT2D eigenvalue weighted by atomic mass is 10.1. The first-order valence-corrected chi connectivity index (χ1v) is 9.63. The van der Waals surface area contributed by atoms with Gasteiger partial charge in [-0.15, -0.1) is 0 Å². The normalized spacial score (nSPS) is 15.4. The predicted molar refractivity (Wildman–Crippen MR) is 108 cm³/mol. The summed E-state index contributed by atoms with van der Waals surface area (Å²) in [5.41, 5.74) is 2.01. The van der Waals surface area contributed by atoms with Gasteiger partial charge in [0.15, 0.2) is 11.4 Å². The first kappa shape index (κ1) is 18.3. The summed E-state index contributed by atoms with van der Waals surface area (Å²) >= 11 is 0. The summed E-state index contributed by atoms with van der Waals surface area (Å²) in [6.07, 6.45) is 3.82. The average Bonchev–Trinajstić information content (AvgIpc) is 3.40. The molecule has 6 nitrogen and oxygen atoms in total. The largest absolute Gasteiger partial charge is 0.504 e. The van der Waals surface area contributed by atoms with Crippen molar-refractivity contribution in [2.75, 3.05) is 19.6 Å². The second-order valence-corrected chi connectivity index (χ2v) is 7.02. The minimum atomic E-state index is -0.368. The van der Waals surface area contributed by atoms with Gasteiger partial charge in [-0.1, -0.05) is 48.5 Å². The Balaban J connectivity index is 1.49. The molecule has 1 unspecified atom stereocenters. The van der Waals surface area contributed by atoms with Gasteiger partial charge in [0.1, 0.15) is 0 Å². The van der Waals surface area contributed by atoms with Crippen molar-refractivity contribution in [3.8, 4) is 11.4 Å². The predicted octanol–water partition coefficient (Wildman–Crippen LogP) is 3.14. The van der Waals surface area contributed by atoms with Crippen LogP contribution >= 0.6 is 0 Å². The van der Waals surface area contributed by atoms with Crippen molar-refractivity contribution < 1.29 is 9.90 Å². The summed E-state index contributed by atoms with van der Waals surface area (Å²) in [5, 5.41) is 17.4. The molecular formula is C22H24N4O2. The van der Waals surface area contributed by atoms with Gasteiger partial charge in [0, 0.05) is 6.54 Å². The highest BCUT2D eigenvalue weighted by atomic mass is 16.3. The van der Waals surface area contributed by atoms with E-state index in [1.807, 2.05) is 48.5 Å². The van der Waals surface area contributed by atoms with Gasteiger partial charge >= 0.3 is 0 Å². The Kier molecular flexibility index (Phi) is 5.39. The average molecular weight is 376 g/mol. The molecular weight excluding hydrogens is 352 g/mol. The van der Waals surface area contributed by atoms with Crippen LogP contribution in [0, 0.1) is 0 Å². The molecule has 144 valence electrons. The molecule has 1 aromatic heterocycles. The fourth-order valence-electron chi connectivity index (χ4n) is 3.70. The van der Waals surface area contributed by atoms with E-state index in [9.17, 15) is 9.90 Å². The summed E-state index contributed by atoms with van der Waals surface area (Å²) in [6, 6.07) is 19.8. The lowest BCUT2D eigenvalue weighted by Gasteiger charge is -2.28. The molecule has 1 aliphatic rings. The lowest BCUT2D eigenvalue weighted by Crippen LogP contribution is -2.37. The van der Waals surface area contributed by atoms with Crippen molar-refractivity contribution in [2.45, 2.75) is 18.9 Å². The third-order valence-electron chi connectivity index (χ3n) is 5.15. The van der Waals surface area contributed by atoms with Crippen LogP contribution < -0.4 is 5.32 Å². The van der Waals surface area contributed by atoms with Crippen LogP contribution in [0.2, 0.25) is 0 Å². The molecule has 6 heteroatoms. The van der Waals surface area contributed by atoms with Crippen molar-refractivity contribution in [2.24, 2.45) is 0 Å². The number of likely N-dealkylation sites (tertiary alicyclic amines) is 1. The third-order valence-corrected chi connectivity index (χ3v) is 5.15. The van der Waals surface area contributed by atoms with E-state index in [-0.39, 0.29) is 23.4 Å². The Morgan fingerprint density at radius 3 is 2.36 bits per heavy atom. The molecule has 2 aromatic carbocycles. The Bertz CT molecular complexity index is 918. The zero-order valence-corrected chi connectivity index (χ0v) is 15.7. The molecule has 28 heavy (non-hydrogen) atoms. The number of para-hydroxylation sites is 1. The lowest BCUT2D eigenvalue weighted by molar-refractivity contribution is 0.0930. The topological polar surface area (TPSA) is 70.4 Å². The molecule has 2 heterocycles. The second kappa shape index (κ2) is 8.27. The van der Waals surface area contributed by atoms with Crippen LogP contribution in [-0.4, -0.2) is 45.3 Å². The van der Waals surface area contributed by atoms with E-state index in [0.29, 0.717) is 6.54 Å². The number of carbonyl (C=O) groups is 1. The SMILES string of the molecule is O=C(NCC(c1ccccc1)N1CCCC1)c1nn(-c2ccccc2)cc1O. The van der Waals surface area contributed by atoms with Crippen molar-refractivity contribution in [1.82, 2.24) is 20.0 Å². The summed E-state index contributed by atoms with van der Waals surface area (Å²) in [7, 11) is 0. The number of hydrogen-bond donors (Lipinski definition) is 2. The van der Waals surface area contributed by atoms with E-state index in [2.05, 4.69) is 27.4 Å². The van der Waals surface area contributed by atoms with Gasteiger partial charge in [-0.05, 0) is 43.6 Å². The summed E-state index contributed by atoms with van der Waals surface area (Å²) in [5.74, 6) is -0.494. The molecule has 4 rings (SSSR count). The van der Waals surface area contributed by atoms with Crippen molar-refractivity contribution in [3.63, 3.8) is 0 Å². The molecule has 2 N–H and O–H groups in total. The molecule has 1 saturated heterocycles. The third kappa shape index (κ3) is 3.92. The summed E-state index contributed by atoms with van der Waals surface area (Å²) in [6.45, 7) is 2.53. The van der Waals surface area contributed by atoms with Crippen LogP contribution in [-0.2, 0) is 0 Å². The zero-order chi connectivity index (χ0) is 19.3. The minimum Gasteiger partial charge on any atom is -0.504 e. The Hall–Kier alpha value is -3.12. The van der Waals surface area contributed by atoms with Crippen LogP contribution in [0.1, 0.15) is 34.9 Å². The number of amides is 1. The Labute approximate surface area is 164 Å². The molecule has 1 aliphatic heterocycles. The Morgan fingerprint density at radius 2 is 1.68 bits per heavy atom. The molecule has 0 saturated carbocycles. The van der Waals surface area contributed by atoms with Crippen molar-refractivity contribution in [3.05, 3.63) is 78.1 Å². The molecule has 0 radical (unpaired) electrons. The minimum absolute atomic E-state index is 0.0390. The fourth-order valence-corrected chi connectivity index (χ4v) is 3.70. The van der Waals surface area contributed by atoms with Gasteiger partial charge in [0.05, 0.1) is 17.9 Å². The molecule has 0 spiro atoms. The maximum atomic E-state index is 12.7. The first-order chi connectivity index (χ1) is 13.7. The van der Waals surface area contributed by atoms with E-state index in [1.54, 1.807) is 0 Å². The number of aromatic hydroxyl groups is 1. The maximum absolute atomic E-state index is 12.7. The zero-order valence-electron chi connectivity index (χ0n) is 15.7. The standard InChI is InChI=1S/C22H24N4O2/c27-20-16-26(18-11-5-2-6-12-18)24-21(20)22(28)23-15-19(25-13-7-8-14-25)17-9-3-1-4-10-17/h1-6,9-12,16,19,27H,7-8,13-15H2,(H,23,28). The van der Waals surface area contributed by atoms with Crippen LogP contribution in [0.4, 0.5) is 0 Å². The van der Waals surface area contributed by atoms with Crippen LogP contribution in [0.25, 0.3) is 5.69 Å². The van der Waals surface area contributed by atoms with E-state index < -0.39 is 0 Å². The van der Waals surface area contributed by atoms with E-state index >= 15 is 0 Å². The number of hydrogen-bond acceptors (Lipinski definition) is 4. The molecule has 1 atom stereocenters. The van der Waals surface area contributed by atoms with Crippen LogP contribution in [0.15, 0.2) is 66.9 Å². The van der Waals surface area contributed by atoms with Gasteiger partial charge < -0.3 is 10.4 Å². The monoisotopic (exact) mass is 376 g/mol. The molecule has 3 aromatic rings. The van der Waals surface area contributed by atoms with E-state index in [4.69, 9.17) is 0 Å². The smallest absolute Gasteiger partial charge is 0.275 e. The van der Waals surface area contributed by atoms with E-state index in [1.165, 1.54) is 29.3 Å². The fraction of sp³-hybridized carbons (Fsp3) is 0.273. The van der Waals surface area contributed by atoms with Gasteiger partial charge in [0.25, 0.3) is 5.91 Å². The number of benzene rings is 2. The van der Waals surface area contributed by atoms with Gasteiger partial charge in [-0.3, -0.25) is 9.69 Å². The number of nitrogens with zero attached hydrogens (tertiary/aromatic N) is 3. The Morgan fingerprint density at radius 1 is 1.04 bits per heavy atom. The molecule has 1 fully saturated rings. The van der Waals surface area contributed by atoms with Crippen LogP contribution in [0.3, 0.4) is 0 Å². The van der Waals surface area contributed by atoms with Gasteiger partial charge in [0.2, 0.25) is 0 Å². The summed E-state index contributed by atoms with van der Waals surface area (Å²) < 4.78 is 1.51.